The van der Waals surface area contributed by atoms with Crippen LogP contribution in [0.3, 0.4) is 0 Å². The molecule has 0 aromatic heterocycles. The van der Waals surface area contributed by atoms with Gasteiger partial charge in [-0.25, -0.2) is 0 Å². The molecule has 0 aromatic carbocycles. The van der Waals surface area contributed by atoms with Gasteiger partial charge in [-0.05, 0) is 51.4 Å². The number of rotatable bonds is 8. The average molecular weight is 400 g/mol. The van der Waals surface area contributed by atoms with Crippen molar-refractivity contribution in [3.8, 4) is 0 Å². The van der Waals surface area contributed by atoms with E-state index < -0.39 is 0 Å². The fourth-order valence-electron chi connectivity index (χ4n) is 1.15. The van der Waals surface area contributed by atoms with Gasteiger partial charge in [0.05, 0.1) is 24.4 Å². The van der Waals surface area contributed by atoms with Gasteiger partial charge < -0.3 is 20.4 Å². The molecule has 0 saturated carbocycles. The van der Waals surface area contributed by atoms with E-state index in [9.17, 15) is 0 Å². The molecule has 0 radical (unpaired) electrons. The molecule has 0 bridgehead atoms. The van der Waals surface area contributed by atoms with Crippen molar-refractivity contribution in [3.05, 3.63) is 0 Å². The molecule has 156 valence electrons. The predicted molar refractivity (Wildman–Crippen MR) is 106 cm³/mol. The number of aliphatic hydroxyl groups excluding tert-OH is 4. The van der Waals surface area contributed by atoms with Gasteiger partial charge in [0.2, 0.25) is 0 Å². The van der Waals surface area contributed by atoms with Gasteiger partial charge >= 0.3 is 0 Å². The van der Waals surface area contributed by atoms with Crippen molar-refractivity contribution in [3.63, 3.8) is 0 Å². The zero-order chi connectivity index (χ0) is 20.0. The predicted octanol–water partition coefficient (Wildman–Crippen LogP) is 4.67. The van der Waals surface area contributed by atoms with Gasteiger partial charge in [-0.2, -0.15) is 0 Å². The quantitative estimate of drug-likeness (QED) is 0.447. The maximum atomic E-state index is 8.67. The van der Waals surface area contributed by atoms with Gasteiger partial charge in [0.15, 0.2) is 0 Å². The second-order valence-electron chi connectivity index (χ2n) is 5.88. The maximum absolute atomic E-state index is 8.67. The van der Waals surface area contributed by atoms with E-state index in [1.807, 2.05) is 55.4 Å². The molecule has 0 aliphatic carbocycles. The third kappa shape index (κ3) is 45.6. The van der Waals surface area contributed by atoms with Gasteiger partial charge in [0.25, 0.3) is 0 Å². The third-order valence-electron chi connectivity index (χ3n) is 3.77. The maximum Gasteiger partial charge on any atom is 0.0535 e. The van der Waals surface area contributed by atoms with E-state index in [4.69, 9.17) is 20.4 Å². The van der Waals surface area contributed by atoms with E-state index in [2.05, 4.69) is 0 Å². The molecule has 0 aliphatic rings. The molecule has 0 atom stereocenters. The van der Waals surface area contributed by atoms with Crippen molar-refractivity contribution in [1.29, 1.82) is 0 Å². The van der Waals surface area contributed by atoms with Crippen LogP contribution in [0.1, 0.15) is 107 Å². The first-order valence-electron chi connectivity index (χ1n) is 9.96. The van der Waals surface area contributed by atoms with Crippen molar-refractivity contribution in [1.82, 2.24) is 0 Å². The number of hydrogen-bond donors (Lipinski definition) is 4. The Labute approximate surface area is 173 Å². The summed E-state index contributed by atoms with van der Waals surface area (Å²) in [4.78, 5) is 0. The van der Waals surface area contributed by atoms with Crippen LogP contribution in [0.2, 0.25) is 0 Å². The molecule has 25 heavy (non-hydrogen) atoms. The van der Waals surface area contributed by atoms with Gasteiger partial charge in [0.1, 0.15) is 0 Å². The zero-order valence-corrected chi connectivity index (χ0v) is 19.8. The second kappa shape index (κ2) is 32.2. The normalized spacial score (nSPS) is 9.60. The summed E-state index contributed by atoms with van der Waals surface area (Å²) in [6.45, 7) is 15.8. The van der Waals surface area contributed by atoms with Crippen molar-refractivity contribution >= 4 is 0 Å². The molecule has 0 amide bonds. The topological polar surface area (TPSA) is 80.9 Å². The molecule has 0 fully saturated rings. The Morgan fingerprint density at radius 3 is 0.440 bits per heavy atom. The molecule has 0 heterocycles. The van der Waals surface area contributed by atoms with Crippen LogP contribution in [0, 0.1) is 0 Å². The summed E-state index contributed by atoms with van der Waals surface area (Å²) >= 11 is 0. The minimum atomic E-state index is -0.0648. The molecule has 4 nitrogen and oxygen atoms in total. The van der Waals surface area contributed by atoms with Crippen LogP contribution in [0.25, 0.3) is 0 Å². The van der Waals surface area contributed by atoms with Crippen molar-refractivity contribution in [2.24, 2.45) is 0 Å². The van der Waals surface area contributed by atoms with Crippen LogP contribution in [0.5, 0.6) is 0 Å². The summed E-state index contributed by atoms with van der Waals surface area (Å²) in [6, 6.07) is 0. The van der Waals surface area contributed by atoms with E-state index in [1.54, 1.807) is 0 Å². The van der Waals surface area contributed by atoms with E-state index in [1.165, 1.54) is 0 Å². The minimum Gasteiger partial charge on any atom is -0.393 e. The van der Waals surface area contributed by atoms with Gasteiger partial charge in [-0.15, -0.1) is 0 Å². The summed E-state index contributed by atoms with van der Waals surface area (Å²) in [5, 5.41) is 34.7. The summed E-state index contributed by atoms with van der Waals surface area (Å²) < 4.78 is 0. The van der Waals surface area contributed by atoms with Gasteiger partial charge in [0, 0.05) is 21.7 Å². The summed E-state index contributed by atoms with van der Waals surface area (Å²) in [6.07, 6.45) is 6.82. The van der Waals surface area contributed by atoms with E-state index in [0.29, 0.717) is 0 Å². The van der Waals surface area contributed by atoms with Crippen LogP contribution in [0.15, 0.2) is 0 Å². The average Bonchev–Trinajstić information content (AvgIpc) is 2.66. The molecule has 0 spiro atoms. The first-order chi connectivity index (χ1) is 11.2. The molecule has 0 aliphatic heterocycles. The Hall–Kier alpha value is 0.554. The molecular formula is C20H48O4Ti. The standard InChI is InChI=1S/4C5H12O.Ti/c4*1-3-5(6)4-2;/h4*5-6H,3-4H2,1-2H3;. The monoisotopic (exact) mass is 400 g/mol. The van der Waals surface area contributed by atoms with Crippen LogP contribution in [-0.2, 0) is 21.7 Å². The van der Waals surface area contributed by atoms with Gasteiger partial charge in [-0.3, -0.25) is 0 Å². The summed E-state index contributed by atoms with van der Waals surface area (Å²) in [7, 11) is 0. The molecular weight excluding hydrogens is 352 g/mol. The van der Waals surface area contributed by atoms with Crippen LogP contribution in [0.4, 0.5) is 0 Å². The second-order valence-corrected chi connectivity index (χ2v) is 5.88. The SMILES string of the molecule is CCC(O)CC.CCC(O)CC.CCC(O)CC.CCC(O)CC.[Ti]. The van der Waals surface area contributed by atoms with Crippen molar-refractivity contribution < 1.29 is 42.1 Å². The minimum absolute atomic E-state index is 0. The third-order valence-corrected chi connectivity index (χ3v) is 3.77. The molecule has 0 aromatic rings. The molecule has 0 unspecified atom stereocenters. The van der Waals surface area contributed by atoms with Crippen LogP contribution < -0.4 is 0 Å². The van der Waals surface area contributed by atoms with Crippen LogP contribution >= 0.6 is 0 Å². The zero-order valence-electron chi connectivity index (χ0n) is 18.3. The smallest absolute Gasteiger partial charge is 0.0535 e. The molecule has 5 heteroatoms. The first kappa shape index (κ1) is 36.5. The number of hydrogen-bond acceptors (Lipinski definition) is 4. The Bertz CT molecular complexity index is 139. The largest absolute Gasteiger partial charge is 0.393 e. The Balaban J connectivity index is -0.0000000702. The Kier molecular flexibility index (Phi) is 47.0. The van der Waals surface area contributed by atoms with E-state index >= 15 is 0 Å². The van der Waals surface area contributed by atoms with Gasteiger partial charge in [-0.1, -0.05) is 55.4 Å². The van der Waals surface area contributed by atoms with Crippen molar-refractivity contribution in [2.45, 2.75) is 131 Å². The van der Waals surface area contributed by atoms with E-state index in [0.717, 1.165) is 51.4 Å². The van der Waals surface area contributed by atoms with Crippen LogP contribution in [-0.4, -0.2) is 44.8 Å². The fourth-order valence-corrected chi connectivity index (χ4v) is 1.15. The summed E-state index contributed by atoms with van der Waals surface area (Å²) in [5.74, 6) is 0. The molecule has 4 N–H and O–H groups in total. The van der Waals surface area contributed by atoms with E-state index in [-0.39, 0.29) is 46.1 Å². The first-order valence-corrected chi connectivity index (χ1v) is 9.96. The summed E-state index contributed by atoms with van der Waals surface area (Å²) in [5.41, 5.74) is 0. The Morgan fingerprint density at radius 1 is 0.360 bits per heavy atom. The Morgan fingerprint density at radius 2 is 0.440 bits per heavy atom. The van der Waals surface area contributed by atoms with Crippen molar-refractivity contribution in [2.75, 3.05) is 0 Å². The fraction of sp³-hybridized carbons (Fsp3) is 1.00. The molecule has 0 saturated heterocycles. The molecule has 0 rings (SSSR count). The number of aliphatic hydroxyl groups is 4.